The van der Waals surface area contributed by atoms with Gasteiger partial charge >= 0.3 is 0 Å². The highest BCUT2D eigenvalue weighted by molar-refractivity contribution is 5.78. The van der Waals surface area contributed by atoms with Crippen LogP contribution in [0.5, 0.6) is 5.75 Å². The van der Waals surface area contributed by atoms with Crippen molar-refractivity contribution < 1.29 is 14.6 Å². The molecule has 1 amide bonds. The second-order valence-electron chi connectivity index (χ2n) is 4.75. The normalized spacial score (nSPS) is 13.7. The summed E-state index contributed by atoms with van der Waals surface area (Å²) >= 11 is 0. The molecular formula is C15H23NO3. The van der Waals surface area contributed by atoms with E-state index in [1.165, 1.54) is 0 Å². The van der Waals surface area contributed by atoms with E-state index in [0.717, 1.165) is 17.7 Å². The van der Waals surface area contributed by atoms with Gasteiger partial charge in [-0.2, -0.15) is 0 Å². The molecule has 0 aliphatic carbocycles. The van der Waals surface area contributed by atoms with E-state index in [1.54, 1.807) is 7.11 Å². The third-order valence-electron chi connectivity index (χ3n) is 3.21. The van der Waals surface area contributed by atoms with E-state index in [0.29, 0.717) is 6.42 Å². The zero-order valence-corrected chi connectivity index (χ0v) is 11.8. The quantitative estimate of drug-likeness (QED) is 0.790. The van der Waals surface area contributed by atoms with Crippen LogP contribution >= 0.6 is 0 Å². The van der Waals surface area contributed by atoms with E-state index in [2.05, 4.69) is 5.32 Å². The number of carbonyl (C=O) groups excluding carboxylic acids is 1. The van der Waals surface area contributed by atoms with E-state index in [4.69, 9.17) is 9.84 Å². The number of amides is 1. The van der Waals surface area contributed by atoms with Gasteiger partial charge in [0.2, 0.25) is 5.91 Å². The van der Waals surface area contributed by atoms with Crippen molar-refractivity contribution >= 4 is 5.91 Å². The Labute approximate surface area is 114 Å². The first-order chi connectivity index (χ1) is 9.10. The molecule has 0 radical (unpaired) electrons. The Morgan fingerprint density at radius 1 is 1.37 bits per heavy atom. The maximum atomic E-state index is 12.0. The van der Waals surface area contributed by atoms with Crippen LogP contribution in [-0.2, 0) is 11.2 Å². The van der Waals surface area contributed by atoms with Gasteiger partial charge in [-0.1, -0.05) is 26.0 Å². The van der Waals surface area contributed by atoms with Gasteiger partial charge in [-0.05, 0) is 30.5 Å². The highest BCUT2D eigenvalue weighted by Gasteiger charge is 2.16. The zero-order valence-electron chi connectivity index (χ0n) is 11.8. The molecule has 106 valence electrons. The van der Waals surface area contributed by atoms with Gasteiger partial charge < -0.3 is 15.2 Å². The van der Waals surface area contributed by atoms with Gasteiger partial charge in [-0.3, -0.25) is 4.79 Å². The zero-order chi connectivity index (χ0) is 14.3. The van der Waals surface area contributed by atoms with Crippen LogP contribution in [0.2, 0.25) is 0 Å². The maximum absolute atomic E-state index is 12.0. The van der Waals surface area contributed by atoms with Crippen molar-refractivity contribution in [2.45, 2.75) is 32.7 Å². The van der Waals surface area contributed by atoms with Gasteiger partial charge in [-0.25, -0.2) is 0 Å². The number of hydrogen-bond acceptors (Lipinski definition) is 3. The predicted octanol–water partition coefficient (Wildman–Crippen LogP) is 1.76. The third kappa shape index (κ3) is 4.91. The Bertz CT molecular complexity index is 385. The van der Waals surface area contributed by atoms with E-state index in [1.807, 2.05) is 38.1 Å². The lowest BCUT2D eigenvalue weighted by molar-refractivity contribution is -0.125. The second-order valence-corrected chi connectivity index (χ2v) is 4.75. The fourth-order valence-corrected chi connectivity index (χ4v) is 1.83. The van der Waals surface area contributed by atoms with Gasteiger partial charge in [0.25, 0.3) is 0 Å². The summed E-state index contributed by atoms with van der Waals surface area (Å²) in [6.45, 7) is 3.82. The number of ether oxygens (including phenoxy) is 1. The average Bonchev–Trinajstić information content (AvgIpc) is 2.45. The number of nitrogens with one attached hydrogen (secondary N) is 1. The Balaban J connectivity index is 2.53. The first-order valence-corrected chi connectivity index (χ1v) is 6.64. The van der Waals surface area contributed by atoms with Crippen LogP contribution in [0.25, 0.3) is 0 Å². The summed E-state index contributed by atoms with van der Waals surface area (Å²) < 4.78 is 5.10. The maximum Gasteiger partial charge on any atom is 0.223 e. The van der Waals surface area contributed by atoms with Crippen LogP contribution in [0.4, 0.5) is 0 Å². The Hall–Kier alpha value is -1.55. The average molecular weight is 265 g/mol. The molecule has 4 nitrogen and oxygen atoms in total. The van der Waals surface area contributed by atoms with Crippen molar-refractivity contribution in [3.63, 3.8) is 0 Å². The standard InChI is InChI=1S/C15H23NO3/c1-4-13(10-17)16-15(18)11(2)9-12-5-7-14(19-3)8-6-12/h5-8,11,13,17H,4,9-10H2,1-3H3,(H,16,18). The van der Waals surface area contributed by atoms with Gasteiger partial charge in [0.1, 0.15) is 5.75 Å². The summed E-state index contributed by atoms with van der Waals surface area (Å²) in [5, 5.41) is 11.9. The number of hydrogen-bond donors (Lipinski definition) is 2. The Morgan fingerprint density at radius 2 is 2.00 bits per heavy atom. The molecule has 1 aromatic rings. The molecule has 2 N–H and O–H groups in total. The topological polar surface area (TPSA) is 58.6 Å². The minimum absolute atomic E-state index is 0.0164. The monoisotopic (exact) mass is 265 g/mol. The lowest BCUT2D eigenvalue weighted by Gasteiger charge is -2.18. The first-order valence-electron chi connectivity index (χ1n) is 6.64. The first kappa shape index (κ1) is 15.5. The van der Waals surface area contributed by atoms with Gasteiger partial charge in [0.05, 0.1) is 19.8 Å². The molecule has 0 bridgehead atoms. The summed E-state index contributed by atoms with van der Waals surface area (Å²) in [7, 11) is 1.63. The molecule has 0 heterocycles. The number of methoxy groups -OCH3 is 1. The largest absolute Gasteiger partial charge is 0.497 e. The molecule has 0 aromatic heterocycles. The molecule has 0 aliphatic rings. The molecule has 0 saturated carbocycles. The lowest BCUT2D eigenvalue weighted by Crippen LogP contribution is -2.40. The fraction of sp³-hybridized carbons (Fsp3) is 0.533. The molecule has 2 unspecified atom stereocenters. The molecule has 0 fully saturated rings. The van der Waals surface area contributed by atoms with Crippen LogP contribution in [0.15, 0.2) is 24.3 Å². The molecule has 0 saturated heterocycles. The number of rotatable bonds is 7. The summed E-state index contributed by atoms with van der Waals surface area (Å²) in [6.07, 6.45) is 1.41. The van der Waals surface area contributed by atoms with Crippen molar-refractivity contribution in [1.82, 2.24) is 5.32 Å². The minimum atomic E-state index is -0.147. The molecule has 0 spiro atoms. The van der Waals surface area contributed by atoms with E-state index in [9.17, 15) is 4.79 Å². The van der Waals surface area contributed by atoms with Crippen LogP contribution in [0.1, 0.15) is 25.8 Å². The SMILES string of the molecule is CCC(CO)NC(=O)C(C)Cc1ccc(OC)cc1. The number of carbonyl (C=O) groups is 1. The molecular weight excluding hydrogens is 242 g/mol. The highest BCUT2D eigenvalue weighted by atomic mass is 16.5. The van der Waals surface area contributed by atoms with Crippen LogP contribution in [-0.4, -0.2) is 30.8 Å². The number of aliphatic hydroxyl groups is 1. The van der Waals surface area contributed by atoms with Crippen LogP contribution < -0.4 is 10.1 Å². The second kappa shape index (κ2) is 7.79. The van der Waals surface area contributed by atoms with Gasteiger partial charge in [0, 0.05) is 5.92 Å². The van der Waals surface area contributed by atoms with Crippen molar-refractivity contribution in [2.24, 2.45) is 5.92 Å². The molecule has 1 aromatic carbocycles. The van der Waals surface area contributed by atoms with Gasteiger partial charge in [0.15, 0.2) is 0 Å². The van der Waals surface area contributed by atoms with E-state index >= 15 is 0 Å². The fourth-order valence-electron chi connectivity index (χ4n) is 1.83. The van der Waals surface area contributed by atoms with Crippen molar-refractivity contribution in [2.75, 3.05) is 13.7 Å². The number of benzene rings is 1. The third-order valence-corrected chi connectivity index (χ3v) is 3.21. The van der Waals surface area contributed by atoms with E-state index in [-0.39, 0.29) is 24.5 Å². The predicted molar refractivity (Wildman–Crippen MR) is 75.2 cm³/mol. The summed E-state index contributed by atoms with van der Waals surface area (Å²) in [4.78, 5) is 12.0. The summed E-state index contributed by atoms with van der Waals surface area (Å²) in [5.74, 6) is 0.679. The minimum Gasteiger partial charge on any atom is -0.497 e. The van der Waals surface area contributed by atoms with E-state index < -0.39 is 0 Å². The Morgan fingerprint density at radius 3 is 2.47 bits per heavy atom. The van der Waals surface area contributed by atoms with Gasteiger partial charge in [-0.15, -0.1) is 0 Å². The summed E-state index contributed by atoms with van der Waals surface area (Å²) in [5.41, 5.74) is 1.10. The Kier molecular flexibility index (Phi) is 6.36. The molecule has 1 rings (SSSR count). The molecule has 2 atom stereocenters. The van der Waals surface area contributed by atoms with Crippen molar-refractivity contribution in [3.8, 4) is 5.75 Å². The smallest absolute Gasteiger partial charge is 0.223 e. The van der Waals surface area contributed by atoms with Crippen molar-refractivity contribution in [3.05, 3.63) is 29.8 Å². The number of aliphatic hydroxyl groups excluding tert-OH is 1. The molecule has 4 heteroatoms. The molecule has 19 heavy (non-hydrogen) atoms. The van der Waals surface area contributed by atoms with Crippen molar-refractivity contribution in [1.29, 1.82) is 0 Å². The lowest BCUT2D eigenvalue weighted by atomic mass is 10.00. The molecule has 0 aliphatic heterocycles. The summed E-state index contributed by atoms with van der Waals surface area (Å²) in [6, 6.07) is 7.56. The van der Waals surface area contributed by atoms with Crippen LogP contribution in [0, 0.1) is 5.92 Å². The van der Waals surface area contributed by atoms with Crippen LogP contribution in [0.3, 0.4) is 0 Å². The highest BCUT2D eigenvalue weighted by Crippen LogP contribution is 2.14.